The van der Waals surface area contributed by atoms with Crippen LogP contribution in [0.3, 0.4) is 0 Å². The highest BCUT2D eigenvalue weighted by Gasteiger charge is 2.25. The molecule has 0 bridgehead atoms. The number of aromatic nitrogens is 3. The molecule has 0 unspecified atom stereocenters. The van der Waals surface area contributed by atoms with Crippen LogP contribution in [-0.4, -0.2) is 57.5 Å². The SMILES string of the molecule is CNc1cc(Nc2cc(C)cc(C)c2)nn2c(C(=O)NCC(C)(CO)CO)cnc12. The summed E-state index contributed by atoms with van der Waals surface area (Å²) in [5.41, 5.74) is 3.83. The van der Waals surface area contributed by atoms with Crippen LogP contribution in [0.5, 0.6) is 0 Å². The number of benzene rings is 1. The summed E-state index contributed by atoms with van der Waals surface area (Å²) in [6, 6.07) is 7.95. The molecule has 160 valence electrons. The molecule has 0 aliphatic rings. The Labute approximate surface area is 175 Å². The minimum atomic E-state index is -0.810. The third-order valence-corrected chi connectivity index (χ3v) is 4.90. The molecule has 3 rings (SSSR count). The van der Waals surface area contributed by atoms with Gasteiger partial charge in [-0.25, -0.2) is 9.50 Å². The highest BCUT2D eigenvalue weighted by atomic mass is 16.3. The lowest BCUT2D eigenvalue weighted by Gasteiger charge is -2.24. The first-order chi connectivity index (χ1) is 14.3. The van der Waals surface area contributed by atoms with Crippen molar-refractivity contribution in [2.24, 2.45) is 5.41 Å². The number of anilines is 3. The quantitative estimate of drug-likeness (QED) is 0.382. The van der Waals surface area contributed by atoms with Crippen LogP contribution in [0.15, 0.2) is 30.5 Å². The monoisotopic (exact) mass is 412 g/mol. The first-order valence-electron chi connectivity index (χ1n) is 9.70. The Bertz CT molecular complexity index is 1040. The van der Waals surface area contributed by atoms with Crippen molar-refractivity contribution in [2.75, 3.05) is 37.4 Å². The van der Waals surface area contributed by atoms with Gasteiger partial charge < -0.3 is 26.2 Å². The molecule has 0 spiro atoms. The molecule has 0 aliphatic carbocycles. The fourth-order valence-corrected chi connectivity index (χ4v) is 3.11. The Balaban J connectivity index is 1.93. The van der Waals surface area contributed by atoms with Crippen LogP contribution in [0.25, 0.3) is 5.65 Å². The Hall–Kier alpha value is -3.17. The lowest BCUT2D eigenvalue weighted by Crippen LogP contribution is -2.40. The van der Waals surface area contributed by atoms with Gasteiger partial charge in [0, 0.05) is 30.8 Å². The number of hydrogen-bond acceptors (Lipinski definition) is 7. The Morgan fingerprint density at radius 3 is 2.40 bits per heavy atom. The predicted octanol–water partition coefficient (Wildman–Crippen LogP) is 1.85. The molecule has 1 amide bonds. The van der Waals surface area contributed by atoms with Gasteiger partial charge in [0.15, 0.2) is 17.2 Å². The van der Waals surface area contributed by atoms with Gasteiger partial charge in [0.05, 0.1) is 25.1 Å². The number of rotatable bonds is 8. The van der Waals surface area contributed by atoms with Crippen molar-refractivity contribution in [2.45, 2.75) is 20.8 Å². The fourth-order valence-electron chi connectivity index (χ4n) is 3.11. The van der Waals surface area contributed by atoms with Gasteiger partial charge in [-0.15, -0.1) is 5.10 Å². The second-order valence-electron chi connectivity index (χ2n) is 7.88. The topological polar surface area (TPSA) is 124 Å². The maximum Gasteiger partial charge on any atom is 0.271 e. The normalized spacial score (nSPS) is 11.5. The number of carbonyl (C=O) groups is 1. The van der Waals surface area contributed by atoms with Crippen LogP contribution < -0.4 is 16.0 Å². The summed E-state index contributed by atoms with van der Waals surface area (Å²) in [5, 5.41) is 32.5. The third-order valence-electron chi connectivity index (χ3n) is 4.90. The van der Waals surface area contributed by atoms with E-state index in [9.17, 15) is 15.0 Å². The summed E-state index contributed by atoms with van der Waals surface area (Å²) in [7, 11) is 1.78. The molecule has 9 nitrogen and oxygen atoms in total. The smallest absolute Gasteiger partial charge is 0.271 e. The maximum atomic E-state index is 12.7. The number of hydrogen-bond donors (Lipinski definition) is 5. The van der Waals surface area contributed by atoms with E-state index in [1.165, 1.54) is 10.7 Å². The number of carbonyl (C=O) groups excluding carboxylic acids is 1. The molecule has 0 atom stereocenters. The van der Waals surface area contributed by atoms with E-state index in [0.29, 0.717) is 17.2 Å². The number of aliphatic hydroxyl groups is 2. The number of fused-ring (bicyclic) bond motifs is 1. The molecule has 0 radical (unpaired) electrons. The molecule has 0 aliphatic heterocycles. The molecule has 2 aromatic heterocycles. The van der Waals surface area contributed by atoms with E-state index in [4.69, 9.17) is 0 Å². The van der Waals surface area contributed by atoms with Crippen LogP contribution >= 0.6 is 0 Å². The zero-order valence-corrected chi connectivity index (χ0v) is 17.7. The molecule has 0 fully saturated rings. The molecular formula is C21H28N6O3. The van der Waals surface area contributed by atoms with E-state index in [2.05, 4.69) is 32.1 Å². The van der Waals surface area contributed by atoms with Crippen molar-refractivity contribution in [3.63, 3.8) is 0 Å². The van der Waals surface area contributed by atoms with Gasteiger partial charge in [-0.1, -0.05) is 13.0 Å². The van der Waals surface area contributed by atoms with E-state index < -0.39 is 11.3 Å². The molecule has 0 saturated carbocycles. The van der Waals surface area contributed by atoms with Crippen LogP contribution in [0.4, 0.5) is 17.2 Å². The van der Waals surface area contributed by atoms with Crippen LogP contribution in [0.1, 0.15) is 28.5 Å². The minimum absolute atomic E-state index is 0.117. The highest BCUT2D eigenvalue weighted by molar-refractivity contribution is 5.94. The molecule has 9 heteroatoms. The summed E-state index contributed by atoms with van der Waals surface area (Å²) in [4.78, 5) is 17.1. The van der Waals surface area contributed by atoms with Gasteiger partial charge in [-0.2, -0.15) is 0 Å². The second kappa shape index (κ2) is 8.68. The van der Waals surface area contributed by atoms with Gasteiger partial charge in [-0.3, -0.25) is 4.79 Å². The van der Waals surface area contributed by atoms with Crippen LogP contribution in [-0.2, 0) is 0 Å². The van der Waals surface area contributed by atoms with Crippen LogP contribution in [0, 0.1) is 19.3 Å². The standard InChI is InChI=1S/C21H28N6O3/c1-13-5-14(2)7-15(6-13)25-18-8-16(22-4)19-23-9-17(27(19)26-18)20(30)24-10-21(3,11-28)12-29/h5-9,22,28-29H,10-12H2,1-4H3,(H,24,30)(H,25,26). The van der Waals surface area contributed by atoms with Crippen molar-refractivity contribution < 1.29 is 15.0 Å². The van der Waals surface area contributed by atoms with Gasteiger partial charge in [0.1, 0.15) is 0 Å². The molecule has 3 aromatic rings. The fraction of sp³-hybridized carbons (Fsp3) is 0.381. The van der Waals surface area contributed by atoms with Crippen molar-refractivity contribution in [1.82, 2.24) is 19.9 Å². The number of aryl methyl sites for hydroxylation is 2. The zero-order valence-electron chi connectivity index (χ0n) is 17.7. The van der Waals surface area contributed by atoms with E-state index >= 15 is 0 Å². The minimum Gasteiger partial charge on any atom is -0.396 e. The van der Waals surface area contributed by atoms with Gasteiger partial charge in [-0.05, 0) is 37.1 Å². The van der Waals surface area contributed by atoms with Gasteiger partial charge in [0.2, 0.25) is 0 Å². The van der Waals surface area contributed by atoms with Crippen molar-refractivity contribution in [1.29, 1.82) is 0 Å². The molecule has 2 heterocycles. The number of aliphatic hydroxyl groups excluding tert-OH is 2. The lowest BCUT2D eigenvalue weighted by atomic mass is 9.93. The Kier molecular flexibility index (Phi) is 6.23. The van der Waals surface area contributed by atoms with Gasteiger partial charge in [0.25, 0.3) is 5.91 Å². The summed E-state index contributed by atoms with van der Waals surface area (Å²) < 4.78 is 1.47. The number of imidazole rings is 1. The number of nitrogens with one attached hydrogen (secondary N) is 3. The maximum absolute atomic E-state index is 12.7. The lowest BCUT2D eigenvalue weighted by molar-refractivity contribution is 0.0644. The third kappa shape index (κ3) is 4.52. The van der Waals surface area contributed by atoms with Crippen LogP contribution in [0.2, 0.25) is 0 Å². The average molecular weight is 412 g/mol. The van der Waals surface area contributed by atoms with Crippen molar-refractivity contribution >= 4 is 28.7 Å². The highest BCUT2D eigenvalue weighted by Crippen LogP contribution is 2.24. The van der Waals surface area contributed by atoms with Crippen molar-refractivity contribution in [3.05, 3.63) is 47.3 Å². The summed E-state index contributed by atoms with van der Waals surface area (Å²) in [6.45, 7) is 5.36. The first kappa shape index (κ1) is 21.5. The second-order valence-corrected chi connectivity index (χ2v) is 7.88. The van der Waals surface area contributed by atoms with E-state index in [1.54, 1.807) is 14.0 Å². The largest absolute Gasteiger partial charge is 0.396 e. The molecular weight excluding hydrogens is 384 g/mol. The molecule has 0 saturated heterocycles. The van der Waals surface area contributed by atoms with Crippen molar-refractivity contribution in [3.8, 4) is 0 Å². The average Bonchev–Trinajstić information content (AvgIpc) is 3.14. The molecule has 30 heavy (non-hydrogen) atoms. The predicted molar refractivity (Wildman–Crippen MR) is 116 cm³/mol. The van der Waals surface area contributed by atoms with E-state index in [0.717, 1.165) is 16.8 Å². The summed E-state index contributed by atoms with van der Waals surface area (Å²) >= 11 is 0. The van der Waals surface area contributed by atoms with E-state index in [-0.39, 0.29) is 25.5 Å². The Morgan fingerprint density at radius 2 is 1.80 bits per heavy atom. The number of amides is 1. The van der Waals surface area contributed by atoms with E-state index in [1.807, 2.05) is 32.0 Å². The zero-order chi connectivity index (χ0) is 21.9. The molecule has 5 N–H and O–H groups in total. The molecule has 1 aromatic carbocycles. The Morgan fingerprint density at radius 1 is 1.13 bits per heavy atom. The number of nitrogens with zero attached hydrogens (tertiary/aromatic N) is 3. The summed E-state index contributed by atoms with van der Waals surface area (Å²) in [5.74, 6) is 0.160. The summed E-state index contributed by atoms with van der Waals surface area (Å²) in [6.07, 6.45) is 1.45. The van der Waals surface area contributed by atoms with Gasteiger partial charge >= 0.3 is 0 Å². The first-order valence-corrected chi connectivity index (χ1v) is 9.70.